The molecular weight excluding hydrogens is 236 g/mol. The Kier molecular flexibility index (Phi) is 3.86. The SMILES string of the molecule is O=C(O)CN(CC1CC1)C(=O)NCc1ccoc1. The number of urea groups is 1. The number of rotatable bonds is 6. The third kappa shape index (κ3) is 3.80. The number of amides is 2. The van der Waals surface area contributed by atoms with Crippen LogP contribution >= 0.6 is 0 Å². The van der Waals surface area contributed by atoms with Gasteiger partial charge < -0.3 is 19.7 Å². The van der Waals surface area contributed by atoms with E-state index in [0.717, 1.165) is 18.4 Å². The monoisotopic (exact) mass is 252 g/mol. The average Bonchev–Trinajstić information content (AvgIpc) is 2.98. The number of carboxylic acid groups (broad SMARTS) is 1. The molecule has 0 aromatic carbocycles. The van der Waals surface area contributed by atoms with Crippen molar-refractivity contribution in [3.63, 3.8) is 0 Å². The predicted molar refractivity (Wildman–Crippen MR) is 62.9 cm³/mol. The molecule has 98 valence electrons. The van der Waals surface area contributed by atoms with Crippen LogP contribution in [-0.2, 0) is 11.3 Å². The van der Waals surface area contributed by atoms with Crippen LogP contribution in [0.4, 0.5) is 4.79 Å². The Labute approximate surface area is 105 Å². The fourth-order valence-electron chi connectivity index (χ4n) is 1.68. The minimum absolute atomic E-state index is 0.256. The summed E-state index contributed by atoms with van der Waals surface area (Å²) in [5.41, 5.74) is 0.852. The maximum atomic E-state index is 11.9. The Morgan fingerprint density at radius 2 is 2.28 bits per heavy atom. The van der Waals surface area contributed by atoms with Crippen molar-refractivity contribution in [1.82, 2.24) is 10.2 Å². The van der Waals surface area contributed by atoms with Gasteiger partial charge in [-0.25, -0.2) is 4.79 Å². The summed E-state index contributed by atoms with van der Waals surface area (Å²) in [6.45, 7) is 0.605. The molecule has 1 heterocycles. The average molecular weight is 252 g/mol. The number of furan rings is 1. The van der Waals surface area contributed by atoms with Crippen molar-refractivity contribution in [2.24, 2.45) is 5.92 Å². The highest BCUT2D eigenvalue weighted by Crippen LogP contribution is 2.29. The van der Waals surface area contributed by atoms with Crippen LogP contribution in [-0.4, -0.2) is 35.1 Å². The lowest BCUT2D eigenvalue weighted by atomic mass is 10.3. The first-order chi connectivity index (χ1) is 8.65. The lowest BCUT2D eigenvalue weighted by Gasteiger charge is -2.20. The Morgan fingerprint density at radius 1 is 1.50 bits per heavy atom. The first kappa shape index (κ1) is 12.5. The molecule has 1 aliphatic carbocycles. The van der Waals surface area contributed by atoms with Gasteiger partial charge in [-0.05, 0) is 24.8 Å². The molecular formula is C12H16N2O4. The van der Waals surface area contributed by atoms with Crippen LogP contribution in [0.25, 0.3) is 0 Å². The number of carbonyl (C=O) groups excluding carboxylic acids is 1. The van der Waals surface area contributed by atoms with Crippen LogP contribution in [0, 0.1) is 5.92 Å². The van der Waals surface area contributed by atoms with Crippen molar-refractivity contribution in [1.29, 1.82) is 0 Å². The minimum Gasteiger partial charge on any atom is -0.480 e. The maximum absolute atomic E-state index is 11.9. The molecule has 6 heteroatoms. The number of aliphatic carboxylic acids is 1. The van der Waals surface area contributed by atoms with Crippen LogP contribution < -0.4 is 5.32 Å². The molecule has 2 amide bonds. The summed E-state index contributed by atoms with van der Waals surface area (Å²) >= 11 is 0. The first-order valence-electron chi connectivity index (χ1n) is 5.91. The third-order valence-corrected chi connectivity index (χ3v) is 2.81. The Morgan fingerprint density at radius 3 is 2.83 bits per heavy atom. The first-order valence-corrected chi connectivity index (χ1v) is 5.91. The van der Waals surface area contributed by atoms with Crippen LogP contribution in [0.2, 0.25) is 0 Å². The van der Waals surface area contributed by atoms with Crippen molar-refractivity contribution in [3.05, 3.63) is 24.2 Å². The summed E-state index contributed by atoms with van der Waals surface area (Å²) in [6, 6.07) is 1.41. The Balaban J connectivity index is 1.83. The van der Waals surface area contributed by atoms with Gasteiger partial charge in [0.1, 0.15) is 6.54 Å². The summed E-state index contributed by atoms with van der Waals surface area (Å²) in [5.74, 6) is -0.530. The van der Waals surface area contributed by atoms with E-state index in [1.54, 1.807) is 12.3 Å². The Hall–Kier alpha value is -1.98. The maximum Gasteiger partial charge on any atom is 0.323 e. The van der Waals surface area contributed by atoms with Gasteiger partial charge in [-0.15, -0.1) is 0 Å². The topological polar surface area (TPSA) is 82.8 Å². The van der Waals surface area contributed by atoms with E-state index in [9.17, 15) is 9.59 Å². The van der Waals surface area contributed by atoms with E-state index in [-0.39, 0.29) is 12.6 Å². The van der Waals surface area contributed by atoms with Gasteiger partial charge in [-0.1, -0.05) is 0 Å². The molecule has 1 aromatic rings. The van der Waals surface area contributed by atoms with Crippen molar-refractivity contribution < 1.29 is 19.1 Å². The van der Waals surface area contributed by atoms with Crippen molar-refractivity contribution in [3.8, 4) is 0 Å². The van der Waals surface area contributed by atoms with Gasteiger partial charge in [0.25, 0.3) is 0 Å². The predicted octanol–water partition coefficient (Wildman–Crippen LogP) is 1.29. The molecule has 0 spiro atoms. The standard InChI is InChI=1S/C12H16N2O4/c15-11(16)7-14(6-9-1-2-9)12(17)13-5-10-3-4-18-8-10/h3-4,8-9H,1-2,5-7H2,(H,13,17)(H,15,16). The largest absolute Gasteiger partial charge is 0.480 e. The van der Waals surface area contributed by atoms with Gasteiger partial charge >= 0.3 is 12.0 Å². The van der Waals surface area contributed by atoms with Gasteiger partial charge in [0.05, 0.1) is 12.5 Å². The zero-order chi connectivity index (χ0) is 13.0. The van der Waals surface area contributed by atoms with E-state index in [4.69, 9.17) is 9.52 Å². The van der Waals surface area contributed by atoms with Crippen molar-refractivity contribution >= 4 is 12.0 Å². The quantitative estimate of drug-likeness (QED) is 0.799. The number of nitrogens with zero attached hydrogens (tertiary/aromatic N) is 1. The van der Waals surface area contributed by atoms with E-state index in [2.05, 4.69) is 5.32 Å². The van der Waals surface area contributed by atoms with E-state index in [1.807, 2.05) is 0 Å². The van der Waals surface area contributed by atoms with E-state index < -0.39 is 5.97 Å². The summed E-state index contributed by atoms with van der Waals surface area (Å²) in [5, 5.41) is 11.5. The van der Waals surface area contributed by atoms with Crippen molar-refractivity contribution in [2.75, 3.05) is 13.1 Å². The molecule has 1 aromatic heterocycles. The zero-order valence-corrected chi connectivity index (χ0v) is 9.96. The van der Waals surface area contributed by atoms with Crippen LogP contribution in [0.15, 0.2) is 23.0 Å². The second-order valence-electron chi connectivity index (χ2n) is 4.51. The van der Waals surface area contributed by atoms with Gasteiger partial charge in [0.15, 0.2) is 0 Å². The van der Waals surface area contributed by atoms with Gasteiger partial charge in [-0.3, -0.25) is 4.79 Å². The van der Waals surface area contributed by atoms with Gasteiger partial charge in [0.2, 0.25) is 0 Å². The number of hydrogen-bond donors (Lipinski definition) is 2. The van der Waals surface area contributed by atoms with Crippen LogP contribution in [0.1, 0.15) is 18.4 Å². The number of carbonyl (C=O) groups is 2. The fourth-order valence-corrected chi connectivity index (χ4v) is 1.68. The highest BCUT2D eigenvalue weighted by molar-refractivity contribution is 5.80. The second-order valence-corrected chi connectivity index (χ2v) is 4.51. The van der Waals surface area contributed by atoms with Crippen LogP contribution in [0.3, 0.4) is 0 Å². The molecule has 6 nitrogen and oxygen atoms in total. The van der Waals surface area contributed by atoms with E-state index in [0.29, 0.717) is 19.0 Å². The molecule has 1 fully saturated rings. The Bertz CT molecular complexity index is 412. The summed E-state index contributed by atoms with van der Waals surface area (Å²) in [7, 11) is 0. The fraction of sp³-hybridized carbons (Fsp3) is 0.500. The molecule has 0 aliphatic heterocycles. The normalized spacial score (nSPS) is 14.2. The molecule has 18 heavy (non-hydrogen) atoms. The van der Waals surface area contributed by atoms with Crippen LogP contribution in [0.5, 0.6) is 0 Å². The smallest absolute Gasteiger partial charge is 0.323 e. The molecule has 1 aliphatic rings. The molecule has 1 saturated carbocycles. The van der Waals surface area contributed by atoms with Crippen molar-refractivity contribution in [2.45, 2.75) is 19.4 Å². The number of carboxylic acids is 1. The zero-order valence-electron chi connectivity index (χ0n) is 9.96. The molecule has 0 unspecified atom stereocenters. The second kappa shape index (κ2) is 5.57. The molecule has 2 N–H and O–H groups in total. The van der Waals surface area contributed by atoms with Gasteiger partial charge in [0, 0.05) is 18.7 Å². The highest BCUT2D eigenvalue weighted by atomic mass is 16.4. The molecule has 0 saturated heterocycles. The molecule has 2 rings (SSSR count). The minimum atomic E-state index is -0.992. The lowest BCUT2D eigenvalue weighted by Crippen LogP contribution is -2.43. The summed E-state index contributed by atoms with van der Waals surface area (Å²) < 4.78 is 4.89. The third-order valence-electron chi connectivity index (χ3n) is 2.81. The van der Waals surface area contributed by atoms with E-state index >= 15 is 0 Å². The molecule has 0 atom stereocenters. The highest BCUT2D eigenvalue weighted by Gasteiger charge is 2.27. The lowest BCUT2D eigenvalue weighted by molar-refractivity contribution is -0.137. The summed E-state index contributed by atoms with van der Waals surface area (Å²) in [6.07, 6.45) is 5.22. The van der Waals surface area contributed by atoms with Gasteiger partial charge in [-0.2, -0.15) is 0 Å². The number of hydrogen-bond acceptors (Lipinski definition) is 3. The molecule has 0 bridgehead atoms. The number of nitrogens with one attached hydrogen (secondary N) is 1. The van der Waals surface area contributed by atoms with E-state index in [1.165, 1.54) is 11.2 Å². The summed E-state index contributed by atoms with van der Waals surface area (Å²) in [4.78, 5) is 23.9. The molecule has 0 radical (unpaired) electrons.